The Morgan fingerprint density at radius 1 is 1.37 bits per heavy atom. The van der Waals surface area contributed by atoms with E-state index >= 15 is 0 Å². The Labute approximate surface area is 123 Å². The fourth-order valence-electron chi connectivity index (χ4n) is 2.91. The van der Waals surface area contributed by atoms with Crippen molar-refractivity contribution >= 4 is 34.2 Å². The molecule has 0 N–H and O–H groups in total. The fourth-order valence-corrected chi connectivity index (χ4v) is 3.22. The summed E-state index contributed by atoms with van der Waals surface area (Å²) in [6.45, 7) is 6.52. The molecule has 1 aromatic heterocycles. The van der Waals surface area contributed by atoms with E-state index in [1.54, 1.807) is 0 Å². The highest BCUT2D eigenvalue weighted by atomic mass is 35.5. The average Bonchev–Trinajstić information content (AvgIpc) is 3.10. The number of hydrogen-bond donors (Lipinski definition) is 0. The summed E-state index contributed by atoms with van der Waals surface area (Å²) in [5.74, 6) is 1.65. The molecule has 102 valence electrons. The zero-order valence-corrected chi connectivity index (χ0v) is 13.0. The normalized spacial score (nSPS) is 17.9. The molecule has 0 aliphatic heterocycles. The van der Waals surface area contributed by atoms with E-state index in [0.29, 0.717) is 5.92 Å². The molecule has 1 aliphatic rings. The summed E-state index contributed by atoms with van der Waals surface area (Å²) in [6, 6.07) is 5.85. The predicted molar refractivity (Wildman–Crippen MR) is 81.1 cm³/mol. The van der Waals surface area contributed by atoms with Gasteiger partial charge in [0.05, 0.1) is 16.4 Å². The molecule has 0 saturated heterocycles. The fraction of sp³-hybridized carbons (Fsp3) is 0.533. The molecule has 19 heavy (non-hydrogen) atoms. The Morgan fingerprint density at radius 3 is 2.63 bits per heavy atom. The number of hydrogen-bond acceptors (Lipinski definition) is 1. The first kappa shape index (κ1) is 13.3. The third-order valence-corrected chi connectivity index (χ3v) is 4.58. The molecule has 4 heteroatoms. The lowest BCUT2D eigenvalue weighted by Crippen LogP contribution is -2.30. The molecule has 2 nitrogen and oxygen atoms in total. The predicted octanol–water partition coefficient (Wildman–Crippen LogP) is 5.13. The summed E-state index contributed by atoms with van der Waals surface area (Å²) in [5, 5.41) is 0.637. The minimum atomic E-state index is -0.107. The van der Waals surface area contributed by atoms with E-state index in [9.17, 15) is 0 Å². The molecule has 1 fully saturated rings. The van der Waals surface area contributed by atoms with Gasteiger partial charge in [-0.25, -0.2) is 4.98 Å². The van der Waals surface area contributed by atoms with Crippen LogP contribution in [0, 0.1) is 5.92 Å². The molecule has 0 radical (unpaired) electrons. The first-order valence-electron chi connectivity index (χ1n) is 6.73. The van der Waals surface area contributed by atoms with Crippen molar-refractivity contribution in [1.29, 1.82) is 0 Å². The van der Waals surface area contributed by atoms with E-state index < -0.39 is 0 Å². The van der Waals surface area contributed by atoms with Crippen molar-refractivity contribution in [2.45, 2.75) is 44.5 Å². The van der Waals surface area contributed by atoms with Crippen LogP contribution in [0.15, 0.2) is 18.2 Å². The van der Waals surface area contributed by atoms with Gasteiger partial charge >= 0.3 is 0 Å². The van der Waals surface area contributed by atoms with Crippen LogP contribution in [0.25, 0.3) is 11.0 Å². The minimum absolute atomic E-state index is 0.0396. The van der Waals surface area contributed by atoms with Crippen LogP contribution in [-0.4, -0.2) is 9.55 Å². The number of alkyl halides is 1. The van der Waals surface area contributed by atoms with Gasteiger partial charge in [0.2, 0.25) is 0 Å². The number of fused-ring (bicyclic) bond motifs is 1. The maximum atomic E-state index is 6.33. The lowest BCUT2D eigenvalue weighted by Gasteiger charge is -2.30. The molecule has 1 aliphatic carbocycles. The Morgan fingerprint density at radius 2 is 2.05 bits per heavy atom. The van der Waals surface area contributed by atoms with Crippen LogP contribution in [0.2, 0.25) is 5.02 Å². The average molecular weight is 297 g/mol. The van der Waals surface area contributed by atoms with Crippen LogP contribution in [0.3, 0.4) is 0 Å². The third-order valence-electron chi connectivity index (χ3n) is 4.15. The van der Waals surface area contributed by atoms with Gasteiger partial charge < -0.3 is 4.57 Å². The Bertz CT molecular complexity index is 624. The van der Waals surface area contributed by atoms with Crippen LogP contribution < -0.4 is 0 Å². The van der Waals surface area contributed by atoms with Gasteiger partial charge in [0.1, 0.15) is 5.82 Å². The van der Waals surface area contributed by atoms with E-state index in [-0.39, 0.29) is 10.9 Å². The van der Waals surface area contributed by atoms with Gasteiger partial charge in [0.25, 0.3) is 0 Å². The topological polar surface area (TPSA) is 17.8 Å². The molecular weight excluding hydrogens is 279 g/mol. The SMILES string of the molecule is CC(Cl)c1nc2ccc(Cl)cc2n1C(C)(C)C1CC1. The number of nitrogens with zero attached hydrogens (tertiary/aromatic N) is 2. The van der Waals surface area contributed by atoms with Crippen molar-refractivity contribution < 1.29 is 0 Å². The van der Waals surface area contributed by atoms with Crippen molar-refractivity contribution in [2.75, 3.05) is 0 Å². The molecule has 2 aromatic rings. The molecule has 1 unspecified atom stereocenters. The van der Waals surface area contributed by atoms with Gasteiger partial charge in [-0.2, -0.15) is 0 Å². The maximum absolute atomic E-state index is 6.33. The van der Waals surface area contributed by atoms with Gasteiger partial charge in [-0.05, 0) is 57.7 Å². The van der Waals surface area contributed by atoms with E-state index in [4.69, 9.17) is 28.2 Å². The largest absolute Gasteiger partial charge is 0.321 e. The van der Waals surface area contributed by atoms with Gasteiger partial charge in [-0.1, -0.05) is 11.6 Å². The number of benzene rings is 1. The molecule has 0 spiro atoms. The van der Waals surface area contributed by atoms with E-state index in [1.165, 1.54) is 12.8 Å². The van der Waals surface area contributed by atoms with Crippen LogP contribution in [0.5, 0.6) is 0 Å². The lowest BCUT2D eigenvalue weighted by molar-refractivity contribution is 0.304. The highest BCUT2D eigenvalue weighted by molar-refractivity contribution is 6.31. The highest BCUT2D eigenvalue weighted by Gasteiger charge is 2.41. The van der Waals surface area contributed by atoms with Crippen molar-refractivity contribution in [3.8, 4) is 0 Å². The van der Waals surface area contributed by atoms with Crippen molar-refractivity contribution in [3.63, 3.8) is 0 Å². The Balaban J connectivity index is 2.29. The molecule has 0 bridgehead atoms. The summed E-state index contributed by atoms with van der Waals surface area (Å²) in [6.07, 6.45) is 2.56. The lowest BCUT2D eigenvalue weighted by atomic mass is 9.97. The zero-order valence-electron chi connectivity index (χ0n) is 11.5. The number of imidazole rings is 1. The van der Waals surface area contributed by atoms with E-state index in [1.807, 2.05) is 25.1 Å². The first-order chi connectivity index (χ1) is 8.91. The van der Waals surface area contributed by atoms with Crippen LogP contribution in [-0.2, 0) is 5.54 Å². The number of rotatable bonds is 3. The molecular formula is C15H18Cl2N2. The van der Waals surface area contributed by atoms with Crippen molar-refractivity contribution in [3.05, 3.63) is 29.0 Å². The molecule has 3 rings (SSSR count). The second-order valence-electron chi connectivity index (χ2n) is 5.98. The molecule has 1 atom stereocenters. The number of aromatic nitrogens is 2. The minimum Gasteiger partial charge on any atom is -0.321 e. The quantitative estimate of drug-likeness (QED) is 0.718. The Hall–Kier alpha value is -0.730. The van der Waals surface area contributed by atoms with Gasteiger partial charge in [0.15, 0.2) is 0 Å². The zero-order chi connectivity index (χ0) is 13.8. The summed E-state index contributed by atoms with van der Waals surface area (Å²) >= 11 is 12.5. The third kappa shape index (κ3) is 2.15. The van der Waals surface area contributed by atoms with Gasteiger partial charge in [-0.15, -0.1) is 11.6 Å². The van der Waals surface area contributed by atoms with Crippen LogP contribution >= 0.6 is 23.2 Å². The molecule has 0 amide bonds. The van der Waals surface area contributed by atoms with E-state index in [2.05, 4.69) is 18.4 Å². The summed E-state index contributed by atoms with van der Waals surface area (Å²) in [5.41, 5.74) is 2.10. The summed E-state index contributed by atoms with van der Waals surface area (Å²) in [4.78, 5) is 4.70. The first-order valence-corrected chi connectivity index (χ1v) is 7.55. The monoisotopic (exact) mass is 296 g/mol. The van der Waals surface area contributed by atoms with Crippen molar-refractivity contribution in [2.24, 2.45) is 5.92 Å². The Kier molecular flexibility index (Phi) is 3.06. The molecule has 1 heterocycles. The smallest absolute Gasteiger partial charge is 0.128 e. The second kappa shape index (κ2) is 4.39. The summed E-state index contributed by atoms with van der Waals surface area (Å²) < 4.78 is 2.30. The van der Waals surface area contributed by atoms with E-state index in [0.717, 1.165) is 21.9 Å². The second-order valence-corrected chi connectivity index (χ2v) is 7.07. The van der Waals surface area contributed by atoms with Crippen LogP contribution in [0.4, 0.5) is 0 Å². The van der Waals surface area contributed by atoms with Gasteiger partial charge in [-0.3, -0.25) is 0 Å². The number of halogens is 2. The van der Waals surface area contributed by atoms with Crippen LogP contribution in [0.1, 0.15) is 44.8 Å². The maximum Gasteiger partial charge on any atom is 0.128 e. The summed E-state index contributed by atoms with van der Waals surface area (Å²) in [7, 11) is 0. The molecule has 1 saturated carbocycles. The van der Waals surface area contributed by atoms with Gasteiger partial charge in [0, 0.05) is 10.6 Å². The standard InChI is InChI=1S/C15H18Cl2N2/c1-9(16)14-18-12-7-6-11(17)8-13(12)19(14)15(2,3)10-4-5-10/h6-10H,4-5H2,1-3H3. The van der Waals surface area contributed by atoms with Crippen molar-refractivity contribution in [1.82, 2.24) is 9.55 Å². The highest BCUT2D eigenvalue weighted by Crippen LogP contribution is 2.46. The molecule has 1 aromatic carbocycles.